The van der Waals surface area contributed by atoms with Crippen molar-refractivity contribution in [3.63, 3.8) is 0 Å². The highest BCUT2D eigenvalue weighted by Crippen LogP contribution is 2.35. The molecule has 210 valence electrons. The van der Waals surface area contributed by atoms with Crippen molar-refractivity contribution >= 4 is 23.5 Å². The van der Waals surface area contributed by atoms with Crippen molar-refractivity contribution in [3.8, 4) is 11.5 Å². The van der Waals surface area contributed by atoms with Gasteiger partial charge in [0.05, 0.1) is 36.9 Å². The lowest BCUT2D eigenvalue weighted by molar-refractivity contribution is -0.146. The Labute approximate surface area is 234 Å². The van der Waals surface area contributed by atoms with Crippen LogP contribution < -0.4 is 19.7 Å². The van der Waals surface area contributed by atoms with E-state index in [-0.39, 0.29) is 18.4 Å². The summed E-state index contributed by atoms with van der Waals surface area (Å²) in [4.78, 5) is 35.2. The first-order valence-corrected chi connectivity index (χ1v) is 13.9. The standard InChI is InChI=1S/C31H36N4O5/c1-31(2,30(37)38)17-22-11-9-21(10-12-22)16-29(36)34-27-18-32-19-28(33-27)35-15-5-6-24(20-35)40-26-8-4-3-7-25(26)39-23-13-14-23/h3-4,7-12,18-19,23-24H,5-6,13-17,20H2,1-2H3,(H,37,38)(H,33,34,36). The van der Waals surface area contributed by atoms with Gasteiger partial charge in [0.1, 0.15) is 11.9 Å². The van der Waals surface area contributed by atoms with Crippen LogP contribution in [0.25, 0.3) is 0 Å². The highest BCUT2D eigenvalue weighted by molar-refractivity contribution is 5.91. The van der Waals surface area contributed by atoms with Gasteiger partial charge in [-0.2, -0.15) is 0 Å². The number of ether oxygens (including phenoxy) is 2. The molecule has 2 fully saturated rings. The number of aromatic nitrogens is 2. The number of para-hydroxylation sites is 2. The second kappa shape index (κ2) is 11.9. The molecule has 0 bridgehead atoms. The van der Waals surface area contributed by atoms with Crippen LogP contribution in [0.2, 0.25) is 0 Å². The van der Waals surface area contributed by atoms with E-state index in [0.29, 0.717) is 30.7 Å². The van der Waals surface area contributed by atoms with Crippen LogP contribution in [0.15, 0.2) is 60.9 Å². The highest BCUT2D eigenvalue weighted by atomic mass is 16.5. The lowest BCUT2D eigenvalue weighted by atomic mass is 9.86. The predicted octanol–water partition coefficient (Wildman–Crippen LogP) is 4.90. The number of carboxylic acid groups (broad SMARTS) is 1. The average Bonchev–Trinajstić information content (AvgIpc) is 3.75. The number of nitrogens with one attached hydrogen (secondary N) is 1. The molecule has 1 aliphatic heterocycles. The number of amides is 1. The van der Waals surface area contributed by atoms with E-state index in [9.17, 15) is 14.7 Å². The van der Waals surface area contributed by atoms with E-state index in [1.165, 1.54) is 0 Å². The number of hydrogen-bond acceptors (Lipinski definition) is 7. The smallest absolute Gasteiger partial charge is 0.309 e. The number of nitrogens with zero attached hydrogens (tertiary/aromatic N) is 3. The van der Waals surface area contributed by atoms with Gasteiger partial charge in [0.2, 0.25) is 5.91 Å². The van der Waals surface area contributed by atoms with Crippen molar-refractivity contribution in [2.24, 2.45) is 5.41 Å². The molecule has 40 heavy (non-hydrogen) atoms. The van der Waals surface area contributed by atoms with Gasteiger partial charge in [-0.3, -0.25) is 14.6 Å². The lowest BCUT2D eigenvalue weighted by Crippen LogP contribution is -2.41. The van der Waals surface area contributed by atoms with Crippen LogP contribution in [0.4, 0.5) is 11.6 Å². The molecule has 1 unspecified atom stereocenters. The molecule has 2 aliphatic rings. The molecular formula is C31H36N4O5. The third-order valence-electron chi connectivity index (χ3n) is 7.16. The summed E-state index contributed by atoms with van der Waals surface area (Å²) in [5.74, 6) is 1.62. The molecule has 0 spiro atoms. The highest BCUT2D eigenvalue weighted by Gasteiger charge is 2.28. The van der Waals surface area contributed by atoms with Gasteiger partial charge in [0, 0.05) is 6.54 Å². The maximum Gasteiger partial charge on any atom is 0.309 e. The zero-order valence-electron chi connectivity index (χ0n) is 23.0. The monoisotopic (exact) mass is 544 g/mol. The molecular weight excluding hydrogens is 508 g/mol. The van der Waals surface area contributed by atoms with E-state index in [1.54, 1.807) is 26.2 Å². The summed E-state index contributed by atoms with van der Waals surface area (Å²) in [6.45, 7) is 4.89. The van der Waals surface area contributed by atoms with Crippen LogP contribution in [0.3, 0.4) is 0 Å². The quantitative estimate of drug-likeness (QED) is 0.350. The van der Waals surface area contributed by atoms with E-state index in [4.69, 9.17) is 9.47 Å². The summed E-state index contributed by atoms with van der Waals surface area (Å²) in [6.07, 6.45) is 8.21. The van der Waals surface area contributed by atoms with Crippen LogP contribution in [-0.2, 0) is 22.4 Å². The molecule has 3 aromatic rings. The van der Waals surface area contributed by atoms with Gasteiger partial charge in [0.25, 0.3) is 0 Å². The fourth-order valence-corrected chi connectivity index (χ4v) is 4.73. The van der Waals surface area contributed by atoms with Crippen molar-refractivity contribution in [2.75, 3.05) is 23.3 Å². The number of hydrogen-bond donors (Lipinski definition) is 2. The summed E-state index contributed by atoms with van der Waals surface area (Å²) >= 11 is 0. The Morgan fingerprint density at radius 2 is 1.65 bits per heavy atom. The number of benzene rings is 2. The Hall–Kier alpha value is -4.14. The van der Waals surface area contributed by atoms with Gasteiger partial charge in [-0.05, 0) is 69.2 Å². The fourth-order valence-electron chi connectivity index (χ4n) is 4.73. The number of carboxylic acids is 1. The Morgan fingerprint density at radius 3 is 2.33 bits per heavy atom. The fraction of sp³-hybridized carbons (Fsp3) is 0.419. The van der Waals surface area contributed by atoms with Crippen LogP contribution in [0.5, 0.6) is 11.5 Å². The summed E-state index contributed by atoms with van der Waals surface area (Å²) in [5.41, 5.74) is 0.899. The summed E-state index contributed by atoms with van der Waals surface area (Å²) in [5, 5.41) is 12.2. The van der Waals surface area contributed by atoms with E-state index >= 15 is 0 Å². The summed E-state index contributed by atoms with van der Waals surface area (Å²) in [7, 11) is 0. The Kier molecular flexibility index (Phi) is 8.19. The summed E-state index contributed by atoms with van der Waals surface area (Å²) < 4.78 is 12.4. The minimum absolute atomic E-state index is 0.0122. The molecule has 2 aromatic carbocycles. The van der Waals surface area contributed by atoms with Crippen LogP contribution in [0.1, 0.15) is 50.7 Å². The second-order valence-electron chi connectivity index (χ2n) is 11.3. The Morgan fingerprint density at radius 1 is 0.975 bits per heavy atom. The molecule has 5 rings (SSSR count). The van der Waals surface area contributed by atoms with E-state index in [0.717, 1.165) is 54.9 Å². The van der Waals surface area contributed by atoms with Gasteiger partial charge in [-0.15, -0.1) is 0 Å². The molecule has 1 atom stereocenters. The van der Waals surface area contributed by atoms with Gasteiger partial charge in [-0.1, -0.05) is 36.4 Å². The SMILES string of the molecule is CC(C)(Cc1ccc(CC(=O)Nc2cncc(N3CCCC(Oc4ccccc4OC4CC4)C3)n2)cc1)C(=O)O. The Bertz CT molecular complexity index is 1340. The van der Waals surface area contributed by atoms with Crippen LogP contribution in [-0.4, -0.2) is 52.2 Å². The number of rotatable bonds is 11. The molecule has 1 saturated heterocycles. The molecule has 9 nitrogen and oxygen atoms in total. The molecule has 1 aromatic heterocycles. The number of anilines is 2. The van der Waals surface area contributed by atoms with E-state index in [1.807, 2.05) is 48.5 Å². The topological polar surface area (TPSA) is 114 Å². The molecule has 0 radical (unpaired) electrons. The maximum absolute atomic E-state index is 12.7. The minimum Gasteiger partial charge on any atom is -0.487 e. The molecule has 2 heterocycles. The largest absolute Gasteiger partial charge is 0.487 e. The lowest BCUT2D eigenvalue weighted by Gasteiger charge is -2.33. The van der Waals surface area contributed by atoms with Gasteiger partial charge in [-0.25, -0.2) is 4.98 Å². The summed E-state index contributed by atoms with van der Waals surface area (Å²) in [6, 6.07) is 15.3. The van der Waals surface area contributed by atoms with Crippen LogP contribution in [0, 0.1) is 5.41 Å². The number of aliphatic carboxylic acids is 1. The molecule has 2 N–H and O–H groups in total. The van der Waals surface area contributed by atoms with Crippen molar-refractivity contribution in [2.45, 2.75) is 64.6 Å². The van der Waals surface area contributed by atoms with Crippen molar-refractivity contribution in [1.29, 1.82) is 0 Å². The zero-order valence-corrected chi connectivity index (χ0v) is 23.0. The van der Waals surface area contributed by atoms with Gasteiger partial charge < -0.3 is 24.8 Å². The van der Waals surface area contributed by atoms with Gasteiger partial charge in [0.15, 0.2) is 17.3 Å². The minimum atomic E-state index is -0.849. The third kappa shape index (κ3) is 7.28. The first kappa shape index (κ1) is 27.4. The predicted molar refractivity (Wildman–Crippen MR) is 152 cm³/mol. The maximum atomic E-state index is 12.7. The van der Waals surface area contributed by atoms with Crippen LogP contribution >= 0.6 is 0 Å². The molecule has 1 aliphatic carbocycles. The first-order chi connectivity index (χ1) is 19.2. The first-order valence-electron chi connectivity index (χ1n) is 13.9. The third-order valence-corrected chi connectivity index (χ3v) is 7.16. The molecule has 1 amide bonds. The number of carbonyl (C=O) groups excluding carboxylic acids is 1. The van der Waals surface area contributed by atoms with Crippen molar-refractivity contribution in [1.82, 2.24) is 9.97 Å². The van der Waals surface area contributed by atoms with Crippen molar-refractivity contribution in [3.05, 3.63) is 72.1 Å². The van der Waals surface area contributed by atoms with E-state index in [2.05, 4.69) is 20.2 Å². The molecule has 9 heteroatoms. The second-order valence-corrected chi connectivity index (χ2v) is 11.3. The van der Waals surface area contributed by atoms with Crippen molar-refractivity contribution < 1.29 is 24.2 Å². The van der Waals surface area contributed by atoms with E-state index < -0.39 is 11.4 Å². The average molecular weight is 545 g/mol. The molecule has 1 saturated carbocycles. The zero-order chi connectivity index (χ0) is 28.1. The normalized spacial score (nSPS) is 17.2. The Balaban J connectivity index is 1.16. The number of carbonyl (C=O) groups is 2. The number of piperidine rings is 1. The van der Waals surface area contributed by atoms with Gasteiger partial charge >= 0.3 is 5.97 Å².